The molecule has 20 heavy (non-hydrogen) atoms. The van der Waals surface area contributed by atoms with Gasteiger partial charge < -0.3 is 0 Å². The average molecular weight is 318 g/mol. The third-order valence-corrected chi connectivity index (χ3v) is 6.88. The lowest BCUT2D eigenvalue weighted by molar-refractivity contribution is 0.333. The summed E-state index contributed by atoms with van der Waals surface area (Å²) in [7, 11) is -3.42. The van der Waals surface area contributed by atoms with E-state index in [2.05, 4.69) is 5.10 Å². The molecule has 2 fully saturated rings. The summed E-state index contributed by atoms with van der Waals surface area (Å²) in [6.07, 6.45) is 3.19. The minimum absolute atomic E-state index is 0.195. The molecule has 3 rings (SSSR count). The average Bonchev–Trinajstić information content (AvgIpc) is 3.05. The summed E-state index contributed by atoms with van der Waals surface area (Å²) in [4.78, 5) is 0.384. The van der Waals surface area contributed by atoms with Crippen LogP contribution in [0.2, 0.25) is 0 Å². The number of fused-ring (bicyclic) bond motifs is 2. The van der Waals surface area contributed by atoms with Gasteiger partial charge >= 0.3 is 0 Å². The number of piperidine rings is 1. The van der Waals surface area contributed by atoms with E-state index in [1.54, 1.807) is 15.9 Å². The first-order valence-electron chi connectivity index (χ1n) is 7.07. The standard InChI is InChI=1S/C13H20ClN3O2S/c1-9-13(10(2)16(15-9)6-5-14)20(18,19)17-8-11-3-4-12(17)7-11/h11-12H,3-8H2,1-2H3. The van der Waals surface area contributed by atoms with Crippen LogP contribution >= 0.6 is 11.6 Å². The monoisotopic (exact) mass is 317 g/mol. The molecule has 0 aromatic carbocycles. The van der Waals surface area contributed by atoms with Crippen LogP contribution in [0.3, 0.4) is 0 Å². The number of sulfonamides is 1. The van der Waals surface area contributed by atoms with Gasteiger partial charge in [0.05, 0.1) is 17.9 Å². The lowest BCUT2D eigenvalue weighted by Crippen LogP contribution is -2.38. The van der Waals surface area contributed by atoms with Crippen molar-refractivity contribution in [2.45, 2.75) is 50.6 Å². The molecule has 5 nitrogen and oxygen atoms in total. The summed E-state index contributed by atoms with van der Waals surface area (Å²) in [6.45, 7) is 4.79. The van der Waals surface area contributed by atoms with Crippen molar-refractivity contribution < 1.29 is 8.42 Å². The second-order valence-corrected chi connectivity index (χ2v) is 8.03. The number of aryl methyl sites for hydroxylation is 2. The number of alkyl halides is 1. The molecule has 2 bridgehead atoms. The maximum absolute atomic E-state index is 12.9. The van der Waals surface area contributed by atoms with E-state index in [9.17, 15) is 8.42 Å². The maximum Gasteiger partial charge on any atom is 0.247 e. The van der Waals surface area contributed by atoms with Crippen molar-refractivity contribution in [1.29, 1.82) is 0 Å². The Bertz CT molecular complexity index is 626. The number of hydrogen-bond donors (Lipinski definition) is 0. The molecule has 2 heterocycles. The van der Waals surface area contributed by atoms with Gasteiger partial charge in [0, 0.05) is 18.5 Å². The Morgan fingerprint density at radius 1 is 1.35 bits per heavy atom. The van der Waals surface area contributed by atoms with Gasteiger partial charge in [0.15, 0.2) is 0 Å². The first-order valence-corrected chi connectivity index (χ1v) is 9.04. The van der Waals surface area contributed by atoms with Crippen molar-refractivity contribution in [3.63, 3.8) is 0 Å². The van der Waals surface area contributed by atoms with Crippen LogP contribution < -0.4 is 0 Å². The molecule has 1 aliphatic heterocycles. The predicted octanol–water partition coefficient (Wildman–Crippen LogP) is 1.91. The Labute approximate surface area is 125 Å². The Kier molecular flexibility index (Phi) is 3.59. The first-order chi connectivity index (χ1) is 9.45. The molecule has 0 amide bonds. The van der Waals surface area contributed by atoms with Crippen molar-refractivity contribution in [1.82, 2.24) is 14.1 Å². The molecular formula is C13H20ClN3O2S. The fourth-order valence-corrected chi connectivity index (χ4v) is 5.92. The number of rotatable bonds is 4. The van der Waals surface area contributed by atoms with Gasteiger partial charge in [-0.1, -0.05) is 0 Å². The van der Waals surface area contributed by atoms with Crippen LogP contribution in [0.5, 0.6) is 0 Å². The molecule has 112 valence electrons. The number of nitrogens with zero attached hydrogens (tertiary/aromatic N) is 3. The van der Waals surface area contributed by atoms with Gasteiger partial charge in [0.1, 0.15) is 4.90 Å². The highest BCUT2D eigenvalue weighted by Crippen LogP contribution is 2.41. The van der Waals surface area contributed by atoms with Gasteiger partial charge in [-0.15, -0.1) is 11.6 Å². The zero-order valence-electron chi connectivity index (χ0n) is 11.8. The van der Waals surface area contributed by atoms with Gasteiger partial charge in [-0.25, -0.2) is 8.42 Å². The van der Waals surface area contributed by atoms with E-state index in [4.69, 9.17) is 11.6 Å². The normalized spacial score (nSPS) is 26.6. The molecule has 2 unspecified atom stereocenters. The van der Waals surface area contributed by atoms with Crippen molar-refractivity contribution in [2.75, 3.05) is 12.4 Å². The van der Waals surface area contributed by atoms with E-state index >= 15 is 0 Å². The molecule has 2 atom stereocenters. The summed E-state index contributed by atoms with van der Waals surface area (Å²) in [5.41, 5.74) is 1.28. The van der Waals surface area contributed by atoms with E-state index in [0.717, 1.165) is 12.8 Å². The quantitative estimate of drug-likeness (QED) is 0.797. The second kappa shape index (κ2) is 5.00. The van der Waals surface area contributed by atoms with Crippen LogP contribution in [-0.4, -0.2) is 41.0 Å². The second-order valence-electron chi connectivity index (χ2n) is 5.82. The minimum atomic E-state index is -3.42. The molecule has 0 spiro atoms. The molecule has 2 aliphatic rings. The molecule has 1 aromatic heterocycles. The zero-order chi connectivity index (χ0) is 14.5. The summed E-state index contributed by atoms with van der Waals surface area (Å²) >= 11 is 5.74. The van der Waals surface area contributed by atoms with E-state index in [0.29, 0.717) is 41.2 Å². The number of hydrogen-bond acceptors (Lipinski definition) is 3. The van der Waals surface area contributed by atoms with E-state index in [1.165, 1.54) is 6.42 Å². The Morgan fingerprint density at radius 3 is 2.65 bits per heavy atom. The predicted molar refractivity (Wildman–Crippen MR) is 77.4 cm³/mol. The van der Waals surface area contributed by atoms with Gasteiger partial charge in [0.25, 0.3) is 0 Å². The van der Waals surface area contributed by atoms with Gasteiger partial charge in [-0.2, -0.15) is 9.40 Å². The van der Waals surface area contributed by atoms with Crippen LogP contribution in [0.15, 0.2) is 4.90 Å². The fourth-order valence-electron chi connectivity index (χ4n) is 3.64. The van der Waals surface area contributed by atoms with Crippen LogP contribution in [-0.2, 0) is 16.6 Å². The molecule has 1 saturated carbocycles. The lowest BCUT2D eigenvalue weighted by atomic mass is 10.1. The number of aromatic nitrogens is 2. The highest BCUT2D eigenvalue weighted by Gasteiger charge is 2.45. The van der Waals surface area contributed by atoms with Crippen LogP contribution in [0, 0.1) is 19.8 Å². The van der Waals surface area contributed by atoms with E-state index in [-0.39, 0.29) is 6.04 Å². The summed E-state index contributed by atoms with van der Waals surface area (Å²) in [5, 5.41) is 4.33. The fraction of sp³-hybridized carbons (Fsp3) is 0.769. The van der Waals surface area contributed by atoms with E-state index in [1.807, 2.05) is 6.92 Å². The van der Waals surface area contributed by atoms with Crippen molar-refractivity contribution >= 4 is 21.6 Å². The van der Waals surface area contributed by atoms with Crippen molar-refractivity contribution in [3.05, 3.63) is 11.4 Å². The third kappa shape index (κ3) is 2.09. The topological polar surface area (TPSA) is 55.2 Å². The molecule has 7 heteroatoms. The largest absolute Gasteiger partial charge is 0.267 e. The molecule has 1 aromatic rings. The van der Waals surface area contributed by atoms with Gasteiger partial charge in [0.2, 0.25) is 10.0 Å². The Balaban J connectivity index is 1.99. The SMILES string of the molecule is Cc1nn(CCCl)c(C)c1S(=O)(=O)N1CC2CCC1C2. The molecule has 0 N–H and O–H groups in total. The van der Waals surface area contributed by atoms with Gasteiger partial charge in [-0.05, 0) is 39.0 Å². The molecule has 1 saturated heterocycles. The number of halogens is 1. The maximum atomic E-state index is 12.9. The molecule has 0 radical (unpaired) electrons. The van der Waals surface area contributed by atoms with Crippen LogP contribution in [0.1, 0.15) is 30.7 Å². The highest BCUT2D eigenvalue weighted by molar-refractivity contribution is 7.89. The Hall–Kier alpha value is -0.590. The van der Waals surface area contributed by atoms with Crippen LogP contribution in [0.4, 0.5) is 0 Å². The lowest BCUT2D eigenvalue weighted by Gasteiger charge is -2.26. The smallest absolute Gasteiger partial charge is 0.247 e. The van der Waals surface area contributed by atoms with Crippen molar-refractivity contribution in [2.24, 2.45) is 5.92 Å². The summed E-state index contributed by atoms with van der Waals surface area (Å²) in [5.74, 6) is 0.976. The van der Waals surface area contributed by atoms with Gasteiger partial charge in [-0.3, -0.25) is 4.68 Å². The third-order valence-electron chi connectivity index (χ3n) is 4.54. The summed E-state index contributed by atoms with van der Waals surface area (Å²) in [6, 6.07) is 0.195. The minimum Gasteiger partial charge on any atom is -0.267 e. The van der Waals surface area contributed by atoms with Crippen molar-refractivity contribution in [3.8, 4) is 0 Å². The molecule has 1 aliphatic carbocycles. The zero-order valence-corrected chi connectivity index (χ0v) is 13.4. The first kappa shape index (κ1) is 14.4. The van der Waals surface area contributed by atoms with E-state index < -0.39 is 10.0 Å². The Morgan fingerprint density at radius 2 is 2.10 bits per heavy atom. The van der Waals surface area contributed by atoms with Crippen LogP contribution in [0.25, 0.3) is 0 Å². The molecular weight excluding hydrogens is 298 g/mol. The summed E-state index contributed by atoms with van der Waals surface area (Å²) < 4.78 is 29.2. The highest BCUT2D eigenvalue weighted by atomic mass is 35.5.